The minimum Gasteiger partial charge on any atom is -0.324 e. The van der Waals surface area contributed by atoms with Gasteiger partial charge in [0.1, 0.15) is 5.15 Å². The lowest BCUT2D eigenvalue weighted by atomic mass is 10.0. The molecule has 114 valence electrons. The van der Waals surface area contributed by atoms with Crippen LogP contribution in [0.25, 0.3) is 0 Å². The Morgan fingerprint density at radius 2 is 2.18 bits per heavy atom. The van der Waals surface area contributed by atoms with Crippen LogP contribution in [0.4, 0.5) is 5.69 Å². The second-order valence-corrected chi connectivity index (χ2v) is 7.22. The van der Waals surface area contributed by atoms with Gasteiger partial charge in [-0.2, -0.15) is 13.7 Å². The van der Waals surface area contributed by atoms with E-state index in [0.717, 1.165) is 12.0 Å². The fraction of sp³-hybridized carbons (Fsp3) is 0.286. The molecule has 0 unspecified atom stereocenters. The highest BCUT2D eigenvalue weighted by Gasteiger charge is 2.33. The smallest absolute Gasteiger partial charge is 0.284 e. The molecule has 2 aromatic rings. The van der Waals surface area contributed by atoms with Crippen LogP contribution in [0.3, 0.4) is 0 Å². The highest BCUT2D eigenvalue weighted by molar-refractivity contribution is 7.92. The Kier molecular flexibility index (Phi) is 3.59. The average Bonchev–Trinajstić information content (AvgIpc) is 2.86. The third kappa shape index (κ3) is 2.25. The van der Waals surface area contributed by atoms with Gasteiger partial charge in [-0.3, -0.25) is 4.31 Å². The molecule has 1 aromatic heterocycles. The fourth-order valence-corrected chi connectivity index (χ4v) is 4.49. The molecular formula is C14H13ClN4O2S. The van der Waals surface area contributed by atoms with Gasteiger partial charge >= 0.3 is 0 Å². The Balaban J connectivity index is 2.11. The van der Waals surface area contributed by atoms with Crippen molar-refractivity contribution in [2.24, 2.45) is 7.05 Å². The summed E-state index contributed by atoms with van der Waals surface area (Å²) in [4.78, 5) is 3.92. The Hall–Kier alpha value is -2.04. The molecule has 0 fully saturated rings. The van der Waals surface area contributed by atoms with Crippen LogP contribution < -0.4 is 4.31 Å². The van der Waals surface area contributed by atoms with Crippen LogP contribution in [-0.2, 0) is 23.5 Å². The number of aromatic nitrogens is 2. The fourth-order valence-electron chi connectivity index (χ4n) is 2.55. The van der Waals surface area contributed by atoms with Gasteiger partial charge < -0.3 is 4.57 Å². The summed E-state index contributed by atoms with van der Waals surface area (Å²) in [6.07, 6.45) is 2.80. The van der Waals surface area contributed by atoms with Crippen molar-refractivity contribution < 1.29 is 8.42 Å². The highest BCUT2D eigenvalue weighted by Crippen LogP contribution is 2.33. The molecule has 0 saturated carbocycles. The van der Waals surface area contributed by atoms with E-state index in [2.05, 4.69) is 11.1 Å². The number of halogens is 1. The molecule has 0 radical (unpaired) electrons. The number of aryl methyl sites for hydroxylation is 2. The van der Waals surface area contributed by atoms with Gasteiger partial charge in [-0.1, -0.05) is 11.6 Å². The molecule has 22 heavy (non-hydrogen) atoms. The van der Waals surface area contributed by atoms with E-state index in [1.807, 2.05) is 0 Å². The van der Waals surface area contributed by atoms with E-state index in [9.17, 15) is 8.42 Å². The lowest BCUT2D eigenvalue weighted by molar-refractivity contribution is 0.583. The Morgan fingerprint density at radius 1 is 1.41 bits per heavy atom. The molecule has 0 saturated heterocycles. The van der Waals surface area contributed by atoms with Crippen LogP contribution in [0.2, 0.25) is 5.15 Å². The molecule has 0 atom stereocenters. The number of fused-ring (bicyclic) bond motifs is 1. The Labute approximate surface area is 133 Å². The van der Waals surface area contributed by atoms with Crippen molar-refractivity contribution >= 4 is 27.3 Å². The van der Waals surface area contributed by atoms with Gasteiger partial charge in [-0.05, 0) is 36.6 Å². The van der Waals surface area contributed by atoms with Crippen molar-refractivity contribution in [1.29, 1.82) is 5.26 Å². The zero-order chi connectivity index (χ0) is 15.9. The Morgan fingerprint density at radius 3 is 2.82 bits per heavy atom. The van der Waals surface area contributed by atoms with E-state index in [-0.39, 0.29) is 10.2 Å². The van der Waals surface area contributed by atoms with E-state index in [1.165, 1.54) is 15.2 Å². The SMILES string of the molecule is Cn1cnc(S(=O)(=O)N2CCCc3cc(C#N)ccc32)c1Cl. The topological polar surface area (TPSA) is 79.0 Å². The van der Waals surface area contributed by atoms with E-state index < -0.39 is 10.0 Å². The number of nitriles is 1. The maximum atomic E-state index is 12.8. The first-order chi connectivity index (χ1) is 10.4. The predicted molar refractivity (Wildman–Crippen MR) is 82.2 cm³/mol. The number of sulfonamides is 1. The monoisotopic (exact) mass is 336 g/mol. The number of rotatable bonds is 2. The van der Waals surface area contributed by atoms with Crippen LogP contribution in [0.5, 0.6) is 0 Å². The molecule has 2 heterocycles. The second kappa shape index (κ2) is 5.30. The van der Waals surface area contributed by atoms with E-state index >= 15 is 0 Å². The lowest BCUT2D eigenvalue weighted by Gasteiger charge is -2.29. The van der Waals surface area contributed by atoms with Crippen molar-refractivity contribution in [1.82, 2.24) is 9.55 Å². The summed E-state index contributed by atoms with van der Waals surface area (Å²) in [7, 11) is -2.18. The lowest BCUT2D eigenvalue weighted by Crippen LogP contribution is -2.35. The summed E-state index contributed by atoms with van der Waals surface area (Å²) in [5.74, 6) is 0. The molecular weight excluding hydrogens is 324 g/mol. The molecule has 0 N–H and O–H groups in total. The maximum absolute atomic E-state index is 12.8. The molecule has 6 nitrogen and oxygen atoms in total. The molecule has 3 rings (SSSR count). The number of nitrogens with zero attached hydrogens (tertiary/aromatic N) is 4. The summed E-state index contributed by atoms with van der Waals surface area (Å²) in [6.45, 7) is 0.369. The van der Waals surface area contributed by atoms with Gasteiger partial charge in [-0.15, -0.1) is 0 Å². The van der Waals surface area contributed by atoms with Gasteiger partial charge in [0.05, 0.1) is 23.6 Å². The predicted octanol–water partition coefficient (Wildman–Crippen LogP) is 2.09. The average molecular weight is 337 g/mol. The summed E-state index contributed by atoms with van der Waals surface area (Å²) in [6, 6.07) is 7.09. The van der Waals surface area contributed by atoms with Crippen molar-refractivity contribution in [2.45, 2.75) is 17.9 Å². The van der Waals surface area contributed by atoms with E-state index in [1.54, 1.807) is 25.2 Å². The molecule has 0 aliphatic carbocycles. The molecule has 0 spiro atoms. The zero-order valence-corrected chi connectivity index (χ0v) is 13.4. The first-order valence-corrected chi connectivity index (χ1v) is 8.49. The molecule has 0 bridgehead atoms. The summed E-state index contributed by atoms with van der Waals surface area (Å²) < 4.78 is 28.5. The van der Waals surface area contributed by atoms with Crippen LogP contribution in [0.1, 0.15) is 17.5 Å². The first-order valence-electron chi connectivity index (χ1n) is 6.67. The number of imidazole rings is 1. The van der Waals surface area contributed by atoms with Crippen molar-refractivity contribution in [3.63, 3.8) is 0 Å². The van der Waals surface area contributed by atoms with Gasteiger partial charge in [-0.25, -0.2) is 4.98 Å². The molecule has 0 amide bonds. The quantitative estimate of drug-likeness (QED) is 0.841. The minimum absolute atomic E-state index is 0.0840. The van der Waals surface area contributed by atoms with Crippen molar-refractivity contribution in [2.75, 3.05) is 10.8 Å². The first kappa shape index (κ1) is 14.9. The second-order valence-electron chi connectivity index (χ2n) is 5.09. The van der Waals surface area contributed by atoms with Crippen molar-refractivity contribution in [3.05, 3.63) is 40.8 Å². The summed E-state index contributed by atoms with van der Waals surface area (Å²) in [5.41, 5.74) is 1.96. The maximum Gasteiger partial charge on any atom is 0.284 e. The summed E-state index contributed by atoms with van der Waals surface area (Å²) in [5, 5.41) is 8.91. The summed E-state index contributed by atoms with van der Waals surface area (Å²) >= 11 is 6.04. The van der Waals surface area contributed by atoms with Gasteiger partial charge in [0.25, 0.3) is 10.0 Å². The number of hydrogen-bond acceptors (Lipinski definition) is 4. The minimum atomic E-state index is -3.82. The molecule has 1 aliphatic rings. The van der Waals surface area contributed by atoms with E-state index in [0.29, 0.717) is 24.2 Å². The standard InChI is InChI=1S/C14H13ClN4O2S/c1-18-9-17-14(13(18)15)22(20,21)19-6-2-3-11-7-10(8-16)4-5-12(11)19/h4-5,7,9H,2-3,6H2,1H3. The molecule has 1 aromatic carbocycles. The molecule has 8 heteroatoms. The number of hydrogen-bond donors (Lipinski definition) is 0. The third-order valence-corrected chi connectivity index (χ3v) is 5.96. The van der Waals surface area contributed by atoms with Crippen LogP contribution in [0, 0.1) is 11.3 Å². The van der Waals surface area contributed by atoms with Gasteiger partial charge in [0.2, 0.25) is 5.03 Å². The van der Waals surface area contributed by atoms with Gasteiger partial charge in [0, 0.05) is 13.6 Å². The van der Waals surface area contributed by atoms with Crippen molar-refractivity contribution in [3.8, 4) is 6.07 Å². The van der Waals surface area contributed by atoms with Crippen LogP contribution >= 0.6 is 11.6 Å². The number of benzene rings is 1. The van der Waals surface area contributed by atoms with Crippen LogP contribution in [-0.4, -0.2) is 24.5 Å². The largest absolute Gasteiger partial charge is 0.324 e. The Bertz CT molecular complexity index is 883. The van der Waals surface area contributed by atoms with Gasteiger partial charge in [0.15, 0.2) is 0 Å². The normalized spacial score (nSPS) is 14.5. The zero-order valence-electron chi connectivity index (χ0n) is 11.8. The molecule has 1 aliphatic heterocycles. The van der Waals surface area contributed by atoms with Crippen LogP contribution in [0.15, 0.2) is 29.6 Å². The number of anilines is 1. The third-order valence-electron chi connectivity index (χ3n) is 3.65. The highest BCUT2D eigenvalue weighted by atomic mass is 35.5. The van der Waals surface area contributed by atoms with E-state index in [4.69, 9.17) is 16.9 Å².